The fraction of sp³-hybridized carbons (Fsp3) is 0.188. The van der Waals surface area contributed by atoms with E-state index in [0.717, 1.165) is 5.69 Å². The summed E-state index contributed by atoms with van der Waals surface area (Å²) in [5.41, 5.74) is 1.36. The number of anilines is 2. The Morgan fingerprint density at radius 3 is 2.38 bits per heavy atom. The molecule has 2 rings (SSSR count). The Morgan fingerprint density at radius 2 is 1.71 bits per heavy atom. The standard InChI is InChI=1S/C16H17ClN2O2/c1-11(18-14-9-5-6-10-15(14)21-2)16(20)19-13-8-4-3-7-12(13)17/h3-11,18H,1-2H3,(H,19,20)/t11-/m0/s1. The summed E-state index contributed by atoms with van der Waals surface area (Å²) in [6.45, 7) is 1.78. The molecule has 0 saturated carbocycles. The molecule has 0 heterocycles. The Bertz CT molecular complexity index is 631. The molecule has 5 heteroatoms. The lowest BCUT2D eigenvalue weighted by Crippen LogP contribution is -2.32. The second-order valence-electron chi connectivity index (χ2n) is 4.54. The minimum atomic E-state index is -0.433. The number of ether oxygens (including phenoxy) is 1. The average molecular weight is 305 g/mol. The number of carbonyl (C=O) groups is 1. The number of para-hydroxylation sites is 3. The van der Waals surface area contributed by atoms with Crippen LogP contribution >= 0.6 is 11.6 Å². The van der Waals surface area contributed by atoms with Gasteiger partial charge in [-0.25, -0.2) is 0 Å². The first-order valence-electron chi connectivity index (χ1n) is 6.56. The predicted octanol–water partition coefficient (Wildman–Crippen LogP) is 3.79. The molecule has 0 radical (unpaired) electrons. The number of benzene rings is 2. The first kappa shape index (κ1) is 15.2. The highest BCUT2D eigenvalue weighted by atomic mass is 35.5. The fourth-order valence-corrected chi connectivity index (χ4v) is 2.05. The van der Waals surface area contributed by atoms with E-state index in [2.05, 4.69) is 10.6 Å². The molecule has 1 atom stereocenters. The van der Waals surface area contributed by atoms with Crippen LogP contribution in [0.4, 0.5) is 11.4 Å². The van der Waals surface area contributed by atoms with Gasteiger partial charge in [-0.1, -0.05) is 35.9 Å². The summed E-state index contributed by atoms with van der Waals surface area (Å²) in [5, 5.41) is 6.42. The van der Waals surface area contributed by atoms with Crippen LogP contribution in [0.3, 0.4) is 0 Å². The highest BCUT2D eigenvalue weighted by molar-refractivity contribution is 6.33. The summed E-state index contributed by atoms with van der Waals surface area (Å²) >= 11 is 6.03. The van der Waals surface area contributed by atoms with Gasteiger partial charge < -0.3 is 15.4 Å². The molecule has 0 aliphatic heterocycles. The lowest BCUT2D eigenvalue weighted by Gasteiger charge is -2.17. The molecule has 4 nitrogen and oxygen atoms in total. The van der Waals surface area contributed by atoms with Crippen LogP contribution in [0.1, 0.15) is 6.92 Å². The first-order chi connectivity index (χ1) is 10.1. The van der Waals surface area contributed by atoms with Crippen molar-refractivity contribution in [3.8, 4) is 5.75 Å². The maximum Gasteiger partial charge on any atom is 0.246 e. The van der Waals surface area contributed by atoms with Crippen LogP contribution in [0.2, 0.25) is 5.02 Å². The SMILES string of the molecule is COc1ccccc1N[C@@H](C)C(=O)Nc1ccccc1Cl. The van der Waals surface area contributed by atoms with Crippen molar-refractivity contribution >= 4 is 28.9 Å². The average Bonchev–Trinajstić information content (AvgIpc) is 2.50. The van der Waals surface area contributed by atoms with Crippen molar-refractivity contribution in [1.82, 2.24) is 0 Å². The van der Waals surface area contributed by atoms with Crippen LogP contribution in [0.15, 0.2) is 48.5 Å². The van der Waals surface area contributed by atoms with E-state index in [1.807, 2.05) is 36.4 Å². The van der Waals surface area contributed by atoms with Crippen molar-refractivity contribution < 1.29 is 9.53 Å². The minimum absolute atomic E-state index is 0.172. The molecule has 2 aromatic carbocycles. The van der Waals surface area contributed by atoms with E-state index in [-0.39, 0.29) is 5.91 Å². The lowest BCUT2D eigenvalue weighted by atomic mass is 10.2. The summed E-state index contributed by atoms with van der Waals surface area (Å²) in [4.78, 5) is 12.2. The summed E-state index contributed by atoms with van der Waals surface area (Å²) < 4.78 is 5.25. The van der Waals surface area contributed by atoms with Crippen molar-refractivity contribution in [3.05, 3.63) is 53.6 Å². The third kappa shape index (κ3) is 3.89. The number of methoxy groups -OCH3 is 1. The Balaban J connectivity index is 2.05. The van der Waals surface area contributed by atoms with E-state index in [4.69, 9.17) is 16.3 Å². The van der Waals surface area contributed by atoms with Crippen LogP contribution in [0, 0.1) is 0 Å². The number of halogens is 1. The van der Waals surface area contributed by atoms with E-state index in [1.54, 1.807) is 26.2 Å². The van der Waals surface area contributed by atoms with Gasteiger partial charge in [0.05, 0.1) is 23.5 Å². The van der Waals surface area contributed by atoms with Crippen molar-refractivity contribution in [3.63, 3.8) is 0 Å². The second kappa shape index (κ2) is 6.99. The summed E-state index contributed by atoms with van der Waals surface area (Å²) in [7, 11) is 1.59. The van der Waals surface area contributed by atoms with Crippen molar-refractivity contribution in [2.75, 3.05) is 17.7 Å². The molecule has 0 fully saturated rings. The monoisotopic (exact) mass is 304 g/mol. The van der Waals surface area contributed by atoms with E-state index >= 15 is 0 Å². The normalized spacial score (nSPS) is 11.6. The van der Waals surface area contributed by atoms with Crippen molar-refractivity contribution in [1.29, 1.82) is 0 Å². The quantitative estimate of drug-likeness (QED) is 0.883. The molecular weight excluding hydrogens is 288 g/mol. The third-order valence-corrected chi connectivity index (χ3v) is 3.33. The van der Waals surface area contributed by atoms with Gasteiger partial charge in [0.15, 0.2) is 0 Å². The topological polar surface area (TPSA) is 50.4 Å². The number of hydrogen-bond acceptors (Lipinski definition) is 3. The Kier molecular flexibility index (Phi) is 5.06. The van der Waals surface area contributed by atoms with Gasteiger partial charge in [-0.05, 0) is 31.2 Å². The molecule has 0 aliphatic carbocycles. The zero-order valence-corrected chi connectivity index (χ0v) is 12.6. The molecule has 0 spiro atoms. The number of nitrogens with one attached hydrogen (secondary N) is 2. The smallest absolute Gasteiger partial charge is 0.246 e. The molecule has 2 aromatic rings. The molecule has 0 aliphatic rings. The minimum Gasteiger partial charge on any atom is -0.495 e. The Hall–Kier alpha value is -2.20. The van der Waals surface area contributed by atoms with Gasteiger partial charge in [0.1, 0.15) is 11.8 Å². The van der Waals surface area contributed by atoms with Crippen LogP contribution in [-0.4, -0.2) is 19.1 Å². The maximum absolute atomic E-state index is 12.2. The highest BCUT2D eigenvalue weighted by Crippen LogP contribution is 2.24. The van der Waals surface area contributed by atoms with E-state index in [9.17, 15) is 4.79 Å². The van der Waals surface area contributed by atoms with Gasteiger partial charge in [-0.3, -0.25) is 4.79 Å². The van der Waals surface area contributed by atoms with E-state index < -0.39 is 6.04 Å². The summed E-state index contributed by atoms with van der Waals surface area (Å²) in [5.74, 6) is 0.517. The zero-order valence-electron chi connectivity index (χ0n) is 11.9. The van der Waals surface area contributed by atoms with Gasteiger partial charge in [-0.2, -0.15) is 0 Å². The molecule has 0 unspecified atom stereocenters. The molecule has 1 amide bonds. The summed E-state index contributed by atoms with van der Waals surface area (Å²) in [6, 6.07) is 14.1. The second-order valence-corrected chi connectivity index (χ2v) is 4.94. The van der Waals surface area contributed by atoms with E-state index in [1.165, 1.54) is 0 Å². The van der Waals surface area contributed by atoms with Crippen LogP contribution in [0.25, 0.3) is 0 Å². The van der Waals surface area contributed by atoms with Crippen molar-refractivity contribution in [2.45, 2.75) is 13.0 Å². The van der Waals surface area contributed by atoms with Gasteiger partial charge >= 0.3 is 0 Å². The largest absolute Gasteiger partial charge is 0.495 e. The lowest BCUT2D eigenvalue weighted by molar-refractivity contribution is -0.116. The fourth-order valence-electron chi connectivity index (χ4n) is 1.87. The van der Waals surface area contributed by atoms with Gasteiger partial charge in [-0.15, -0.1) is 0 Å². The molecule has 0 bridgehead atoms. The molecule has 0 aromatic heterocycles. The summed E-state index contributed by atoms with van der Waals surface area (Å²) in [6.07, 6.45) is 0. The molecule has 2 N–H and O–H groups in total. The van der Waals surface area contributed by atoms with Gasteiger partial charge in [0, 0.05) is 0 Å². The zero-order chi connectivity index (χ0) is 15.2. The molecule has 110 valence electrons. The maximum atomic E-state index is 12.2. The molecule has 21 heavy (non-hydrogen) atoms. The highest BCUT2D eigenvalue weighted by Gasteiger charge is 2.15. The Morgan fingerprint density at radius 1 is 1.10 bits per heavy atom. The number of amides is 1. The van der Waals surface area contributed by atoms with Crippen LogP contribution in [0.5, 0.6) is 5.75 Å². The van der Waals surface area contributed by atoms with Crippen molar-refractivity contribution in [2.24, 2.45) is 0 Å². The number of hydrogen-bond donors (Lipinski definition) is 2. The Labute approximate surface area is 129 Å². The number of rotatable bonds is 5. The van der Waals surface area contributed by atoms with Crippen LogP contribution in [-0.2, 0) is 4.79 Å². The molecule has 0 saturated heterocycles. The first-order valence-corrected chi connectivity index (χ1v) is 6.94. The number of carbonyl (C=O) groups excluding carboxylic acids is 1. The van der Waals surface area contributed by atoms with E-state index in [0.29, 0.717) is 16.5 Å². The van der Waals surface area contributed by atoms with Crippen LogP contribution < -0.4 is 15.4 Å². The molecular formula is C16H17ClN2O2. The third-order valence-electron chi connectivity index (χ3n) is 3.00. The predicted molar refractivity (Wildman–Crippen MR) is 86.2 cm³/mol. The van der Waals surface area contributed by atoms with Gasteiger partial charge in [0.2, 0.25) is 5.91 Å². The van der Waals surface area contributed by atoms with Gasteiger partial charge in [0.25, 0.3) is 0 Å².